The van der Waals surface area contributed by atoms with Gasteiger partial charge >= 0.3 is 0 Å². The molecule has 9 heteroatoms. The maximum absolute atomic E-state index is 5.89. The predicted octanol–water partition coefficient (Wildman–Crippen LogP) is 3.53. The third-order valence-electron chi connectivity index (χ3n) is 3.64. The second kappa shape index (κ2) is 13.7. The topological polar surface area (TPSA) is 84.6 Å². The molecule has 1 heterocycles. The molecular formula is C18H27ClIN5O2. The van der Waals surface area contributed by atoms with Crippen molar-refractivity contribution in [1.82, 2.24) is 20.8 Å². The summed E-state index contributed by atoms with van der Waals surface area (Å²) < 4.78 is 10.6. The lowest BCUT2D eigenvalue weighted by atomic mass is 10.2. The van der Waals surface area contributed by atoms with E-state index in [1.807, 2.05) is 19.1 Å². The summed E-state index contributed by atoms with van der Waals surface area (Å²) >= 11 is 5.89. The van der Waals surface area contributed by atoms with Crippen LogP contribution in [0.25, 0.3) is 11.4 Å². The monoisotopic (exact) mass is 507 g/mol. The first kappa shape index (κ1) is 23.6. The number of ether oxygens (including phenoxy) is 1. The second-order valence-corrected chi connectivity index (χ2v) is 6.03. The summed E-state index contributed by atoms with van der Waals surface area (Å²) in [7, 11) is 1.75. The van der Waals surface area contributed by atoms with Gasteiger partial charge in [0.05, 0.1) is 0 Å². The standard InChI is InChI=1S/C18H26ClN5O2.HI/c1-3-25-13-5-4-11-21-18(20-2)22-12-10-16-23-17(24-26-16)14-6-8-15(19)9-7-14;/h6-9H,3-5,10-13H2,1-2H3,(H2,20,21,22);1H. The van der Waals surface area contributed by atoms with Crippen molar-refractivity contribution in [3.05, 3.63) is 35.2 Å². The molecule has 150 valence electrons. The van der Waals surface area contributed by atoms with Gasteiger partial charge in [-0.3, -0.25) is 4.99 Å². The molecule has 0 aliphatic carbocycles. The largest absolute Gasteiger partial charge is 0.382 e. The molecule has 0 saturated carbocycles. The quantitative estimate of drug-likeness (QED) is 0.222. The molecule has 0 atom stereocenters. The normalized spacial score (nSPS) is 11.1. The second-order valence-electron chi connectivity index (χ2n) is 5.60. The third-order valence-corrected chi connectivity index (χ3v) is 3.89. The van der Waals surface area contributed by atoms with Crippen molar-refractivity contribution >= 4 is 41.5 Å². The molecule has 2 aromatic rings. The van der Waals surface area contributed by atoms with Crippen molar-refractivity contribution in [2.24, 2.45) is 4.99 Å². The number of nitrogens with one attached hydrogen (secondary N) is 2. The molecule has 1 aromatic heterocycles. The Morgan fingerprint density at radius 3 is 2.63 bits per heavy atom. The van der Waals surface area contributed by atoms with Crippen molar-refractivity contribution in [2.75, 3.05) is 33.4 Å². The van der Waals surface area contributed by atoms with Crippen LogP contribution in [0.3, 0.4) is 0 Å². The zero-order valence-corrected chi connectivity index (χ0v) is 18.8. The van der Waals surface area contributed by atoms with Gasteiger partial charge in [0.15, 0.2) is 5.96 Å². The minimum absolute atomic E-state index is 0. The molecule has 0 fully saturated rings. The maximum atomic E-state index is 5.89. The first-order chi connectivity index (χ1) is 12.7. The van der Waals surface area contributed by atoms with Crippen LogP contribution < -0.4 is 10.6 Å². The van der Waals surface area contributed by atoms with E-state index in [2.05, 4.69) is 25.8 Å². The Morgan fingerprint density at radius 2 is 1.93 bits per heavy atom. The number of benzene rings is 1. The van der Waals surface area contributed by atoms with Gasteiger partial charge in [-0.1, -0.05) is 16.8 Å². The third kappa shape index (κ3) is 8.89. The molecule has 1 aromatic carbocycles. The van der Waals surface area contributed by atoms with Gasteiger partial charge in [0, 0.05) is 50.4 Å². The molecule has 0 saturated heterocycles. The van der Waals surface area contributed by atoms with Gasteiger partial charge in [-0.2, -0.15) is 4.98 Å². The number of unbranched alkanes of at least 4 members (excludes halogenated alkanes) is 1. The van der Waals surface area contributed by atoms with E-state index in [0.717, 1.165) is 44.1 Å². The van der Waals surface area contributed by atoms with Crippen molar-refractivity contribution in [3.63, 3.8) is 0 Å². The van der Waals surface area contributed by atoms with Crippen molar-refractivity contribution in [2.45, 2.75) is 26.2 Å². The molecule has 0 radical (unpaired) electrons. The lowest BCUT2D eigenvalue weighted by Gasteiger charge is -2.10. The Labute approximate surface area is 182 Å². The fourth-order valence-electron chi connectivity index (χ4n) is 2.26. The van der Waals surface area contributed by atoms with Gasteiger partial charge in [-0.05, 0) is 44.0 Å². The highest BCUT2D eigenvalue weighted by atomic mass is 127. The number of aliphatic imine (C=N–C) groups is 1. The SMILES string of the molecule is CCOCCCCNC(=NC)NCCc1nc(-c2ccc(Cl)cc2)no1.I. The van der Waals surface area contributed by atoms with Crippen LogP contribution >= 0.6 is 35.6 Å². The van der Waals surface area contributed by atoms with Crippen LogP contribution in [0.1, 0.15) is 25.7 Å². The van der Waals surface area contributed by atoms with E-state index in [1.165, 1.54) is 0 Å². The number of guanidine groups is 1. The predicted molar refractivity (Wildman–Crippen MR) is 119 cm³/mol. The zero-order valence-electron chi connectivity index (χ0n) is 15.7. The van der Waals surface area contributed by atoms with E-state index in [-0.39, 0.29) is 24.0 Å². The maximum Gasteiger partial charge on any atom is 0.228 e. The molecular weight excluding hydrogens is 481 g/mol. The van der Waals surface area contributed by atoms with Gasteiger partial charge in [-0.15, -0.1) is 24.0 Å². The number of hydrogen-bond donors (Lipinski definition) is 2. The number of halogens is 2. The van der Waals surface area contributed by atoms with E-state index >= 15 is 0 Å². The Hall–Kier alpha value is -1.39. The van der Waals surface area contributed by atoms with E-state index in [9.17, 15) is 0 Å². The van der Waals surface area contributed by atoms with Crippen LogP contribution in [0, 0.1) is 0 Å². The molecule has 7 nitrogen and oxygen atoms in total. The summed E-state index contributed by atoms with van der Waals surface area (Å²) in [5.74, 6) is 1.90. The molecule has 2 N–H and O–H groups in total. The zero-order chi connectivity index (χ0) is 18.6. The molecule has 0 bridgehead atoms. The first-order valence-corrected chi connectivity index (χ1v) is 9.21. The van der Waals surface area contributed by atoms with Crippen molar-refractivity contribution < 1.29 is 9.26 Å². The smallest absolute Gasteiger partial charge is 0.228 e. The van der Waals surface area contributed by atoms with Gasteiger partial charge in [0.25, 0.3) is 0 Å². The van der Waals surface area contributed by atoms with Crippen LogP contribution in [0.2, 0.25) is 5.02 Å². The van der Waals surface area contributed by atoms with Gasteiger partial charge in [-0.25, -0.2) is 0 Å². The van der Waals surface area contributed by atoms with Crippen LogP contribution in [-0.2, 0) is 11.2 Å². The molecule has 0 aliphatic rings. The highest BCUT2D eigenvalue weighted by molar-refractivity contribution is 14.0. The lowest BCUT2D eigenvalue weighted by molar-refractivity contribution is 0.143. The fraction of sp³-hybridized carbons (Fsp3) is 0.500. The summed E-state index contributed by atoms with van der Waals surface area (Å²) in [5.41, 5.74) is 0.877. The average molecular weight is 508 g/mol. The summed E-state index contributed by atoms with van der Waals surface area (Å²) in [6.07, 6.45) is 2.69. The van der Waals surface area contributed by atoms with Gasteiger partial charge < -0.3 is 19.9 Å². The molecule has 0 aliphatic heterocycles. The fourth-order valence-corrected chi connectivity index (χ4v) is 2.39. The minimum atomic E-state index is 0. The Balaban J connectivity index is 0.00000364. The van der Waals surface area contributed by atoms with Gasteiger partial charge in [0.1, 0.15) is 0 Å². The number of hydrogen-bond acceptors (Lipinski definition) is 5. The van der Waals surface area contributed by atoms with E-state index in [4.69, 9.17) is 20.9 Å². The van der Waals surface area contributed by atoms with Crippen molar-refractivity contribution in [1.29, 1.82) is 0 Å². The summed E-state index contributed by atoms with van der Waals surface area (Å²) in [5, 5.41) is 11.2. The first-order valence-electron chi connectivity index (χ1n) is 8.83. The van der Waals surface area contributed by atoms with Crippen molar-refractivity contribution in [3.8, 4) is 11.4 Å². The highest BCUT2D eigenvalue weighted by Gasteiger charge is 2.08. The average Bonchev–Trinajstić information content (AvgIpc) is 3.12. The van der Waals surface area contributed by atoms with E-state index in [0.29, 0.717) is 29.7 Å². The number of nitrogens with zero attached hydrogens (tertiary/aromatic N) is 3. The molecule has 0 unspecified atom stereocenters. The van der Waals surface area contributed by atoms with Crippen LogP contribution in [0.4, 0.5) is 0 Å². The molecule has 27 heavy (non-hydrogen) atoms. The Morgan fingerprint density at radius 1 is 1.19 bits per heavy atom. The summed E-state index contributed by atoms with van der Waals surface area (Å²) in [6, 6.07) is 7.34. The summed E-state index contributed by atoms with van der Waals surface area (Å²) in [4.78, 5) is 8.60. The van der Waals surface area contributed by atoms with Crippen LogP contribution in [-0.4, -0.2) is 49.5 Å². The molecule has 0 amide bonds. The number of rotatable bonds is 10. The lowest BCUT2D eigenvalue weighted by Crippen LogP contribution is -2.38. The van der Waals surface area contributed by atoms with Crippen LogP contribution in [0.15, 0.2) is 33.8 Å². The Bertz CT molecular complexity index is 679. The molecule has 2 rings (SSSR count). The minimum Gasteiger partial charge on any atom is -0.382 e. The van der Waals surface area contributed by atoms with E-state index in [1.54, 1.807) is 19.2 Å². The van der Waals surface area contributed by atoms with Gasteiger partial charge in [0.2, 0.25) is 11.7 Å². The van der Waals surface area contributed by atoms with Crippen LogP contribution in [0.5, 0.6) is 0 Å². The highest BCUT2D eigenvalue weighted by Crippen LogP contribution is 2.18. The number of aromatic nitrogens is 2. The van der Waals surface area contributed by atoms with E-state index < -0.39 is 0 Å². The Kier molecular flexibility index (Phi) is 12.0. The molecule has 0 spiro atoms. The summed E-state index contributed by atoms with van der Waals surface area (Å²) in [6.45, 7) is 5.09.